The topological polar surface area (TPSA) is 75.7 Å². The van der Waals surface area contributed by atoms with E-state index in [9.17, 15) is 13.2 Å². The standard InChI is InChI=1S/C22H28N2O4S2/c1-16-12-17(2)22(18(3)13-16)29-15-21(25)23-14-19-4-6-20(7-5-19)30(26,27)24-8-10-28-11-9-24/h4-7,12-13H,8-11,14-15H2,1-3H3,(H,23,25). The highest BCUT2D eigenvalue weighted by Gasteiger charge is 2.26. The number of amides is 1. The molecule has 0 aliphatic carbocycles. The van der Waals surface area contributed by atoms with Gasteiger partial charge in [0.05, 0.1) is 23.9 Å². The molecule has 2 aromatic carbocycles. The number of ether oxygens (including phenoxy) is 1. The first kappa shape index (κ1) is 22.8. The van der Waals surface area contributed by atoms with Gasteiger partial charge in [-0.2, -0.15) is 4.31 Å². The fraction of sp³-hybridized carbons (Fsp3) is 0.409. The minimum Gasteiger partial charge on any atom is -0.379 e. The highest BCUT2D eigenvalue weighted by atomic mass is 32.2. The summed E-state index contributed by atoms with van der Waals surface area (Å²) in [5.41, 5.74) is 4.44. The van der Waals surface area contributed by atoms with Crippen LogP contribution in [0.1, 0.15) is 22.3 Å². The number of carbonyl (C=O) groups is 1. The Morgan fingerprint density at radius 2 is 1.67 bits per heavy atom. The molecule has 0 radical (unpaired) electrons. The fourth-order valence-corrected chi connectivity index (χ4v) is 5.86. The number of hydrogen-bond acceptors (Lipinski definition) is 5. The Morgan fingerprint density at radius 1 is 1.07 bits per heavy atom. The largest absolute Gasteiger partial charge is 0.379 e. The first-order chi connectivity index (χ1) is 14.3. The molecule has 0 spiro atoms. The summed E-state index contributed by atoms with van der Waals surface area (Å²) < 4.78 is 32.0. The van der Waals surface area contributed by atoms with Gasteiger partial charge in [-0.15, -0.1) is 11.8 Å². The summed E-state index contributed by atoms with van der Waals surface area (Å²) in [6, 6.07) is 10.9. The van der Waals surface area contributed by atoms with Crippen molar-refractivity contribution in [2.24, 2.45) is 0 Å². The van der Waals surface area contributed by atoms with E-state index < -0.39 is 10.0 Å². The maximum absolute atomic E-state index is 12.7. The van der Waals surface area contributed by atoms with Crippen LogP contribution in [0.25, 0.3) is 0 Å². The number of nitrogens with one attached hydrogen (secondary N) is 1. The van der Waals surface area contributed by atoms with E-state index in [2.05, 4.69) is 38.2 Å². The third-order valence-corrected chi connectivity index (χ3v) is 8.23. The molecule has 0 aromatic heterocycles. The number of morpholine rings is 1. The van der Waals surface area contributed by atoms with Gasteiger partial charge in [0.25, 0.3) is 0 Å². The van der Waals surface area contributed by atoms with Crippen LogP contribution in [0.4, 0.5) is 0 Å². The number of nitrogens with zero attached hydrogens (tertiary/aromatic N) is 1. The van der Waals surface area contributed by atoms with Crippen molar-refractivity contribution in [1.82, 2.24) is 9.62 Å². The SMILES string of the molecule is Cc1cc(C)c(SCC(=O)NCc2ccc(S(=O)(=O)N3CCOCC3)cc2)c(C)c1. The van der Waals surface area contributed by atoms with Crippen molar-refractivity contribution in [3.8, 4) is 0 Å². The Kier molecular flexibility index (Phi) is 7.57. The molecule has 6 nitrogen and oxygen atoms in total. The van der Waals surface area contributed by atoms with Gasteiger partial charge >= 0.3 is 0 Å². The summed E-state index contributed by atoms with van der Waals surface area (Å²) >= 11 is 1.54. The summed E-state index contributed by atoms with van der Waals surface area (Å²) in [7, 11) is -3.50. The third-order valence-electron chi connectivity index (χ3n) is 4.97. The summed E-state index contributed by atoms with van der Waals surface area (Å²) in [5, 5.41) is 2.90. The zero-order valence-corrected chi connectivity index (χ0v) is 19.2. The minimum absolute atomic E-state index is 0.0515. The molecule has 0 atom stereocenters. The molecule has 0 bridgehead atoms. The molecule has 1 heterocycles. The Hall–Kier alpha value is -1.87. The lowest BCUT2D eigenvalue weighted by atomic mass is 10.1. The second-order valence-corrected chi connectivity index (χ2v) is 10.4. The molecule has 1 aliphatic heterocycles. The molecule has 2 aromatic rings. The summed E-state index contributed by atoms with van der Waals surface area (Å²) in [6.45, 7) is 8.14. The van der Waals surface area contributed by atoms with E-state index in [1.54, 1.807) is 36.0 Å². The number of aryl methyl sites for hydroxylation is 3. The first-order valence-electron chi connectivity index (χ1n) is 9.91. The molecule has 8 heteroatoms. The molecular formula is C22H28N2O4S2. The molecule has 1 fully saturated rings. The maximum Gasteiger partial charge on any atom is 0.243 e. The van der Waals surface area contributed by atoms with Gasteiger partial charge < -0.3 is 10.1 Å². The predicted molar refractivity (Wildman–Crippen MR) is 119 cm³/mol. The Bertz CT molecular complexity index is 975. The minimum atomic E-state index is -3.50. The van der Waals surface area contributed by atoms with Gasteiger partial charge in [-0.3, -0.25) is 4.79 Å². The van der Waals surface area contributed by atoms with E-state index in [1.165, 1.54) is 21.0 Å². The van der Waals surface area contributed by atoms with Crippen LogP contribution in [-0.2, 0) is 26.1 Å². The number of hydrogen-bond donors (Lipinski definition) is 1. The number of rotatable bonds is 7. The molecule has 0 saturated carbocycles. The van der Waals surface area contributed by atoms with Gasteiger partial charge in [0, 0.05) is 24.5 Å². The van der Waals surface area contributed by atoms with Gasteiger partial charge in [0.15, 0.2) is 0 Å². The van der Waals surface area contributed by atoms with Crippen LogP contribution in [0.15, 0.2) is 46.2 Å². The molecule has 1 aliphatic rings. The van der Waals surface area contributed by atoms with Crippen molar-refractivity contribution in [3.63, 3.8) is 0 Å². The highest BCUT2D eigenvalue weighted by Crippen LogP contribution is 2.27. The molecule has 162 valence electrons. The van der Waals surface area contributed by atoms with Crippen LogP contribution >= 0.6 is 11.8 Å². The van der Waals surface area contributed by atoms with Crippen LogP contribution in [0, 0.1) is 20.8 Å². The highest BCUT2D eigenvalue weighted by molar-refractivity contribution is 8.00. The molecule has 1 saturated heterocycles. The van der Waals surface area contributed by atoms with Crippen LogP contribution in [0.3, 0.4) is 0 Å². The van der Waals surface area contributed by atoms with Crippen molar-refractivity contribution in [2.45, 2.75) is 37.1 Å². The van der Waals surface area contributed by atoms with E-state index in [4.69, 9.17) is 4.74 Å². The molecule has 1 amide bonds. The van der Waals surface area contributed by atoms with Gasteiger partial charge in [0.2, 0.25) is 15.9 Å². The van der Waals surface area contributed by atoms with Crippen molar-refractivity contribution < 1.29 is 17.9 Å². The lowest BCUT2D eigenvalue weighted by Gasteiger charge is -2.26. The Balaban J connectivity index is 1.53. The summed E-state index contributed by atoms with van der Waals surface area (Å²) in [4.78, 5) is 13.7. The van der Waals surface area contributed by atoms with Crippen molar-refractivity contribution in [3.05, 3.63) is 58.7 Å². The van der Waals surface area contributed by atoms with Crippen molar-refractivity contribution in [2.75, 3.05) is 32.1 Å². The second-order valence-electron chi connectivity index (χ2n) is 7.45. The van der Waals surface area contributed by atoms with Gasteiger partial charge in [0.1, 0.15) is 0 Å². The van der Waals surface area contributed by atoms with Crippen LogP contribution < -0.4 is 5.32 Å². The van der Waals surface area contributed by atoms with Crippen LogP contribution in [0.2, 0.25) is 0 Å². The molecule has 3 rings (SSSR count). The number of sulfonamides is 1. The number of carbonyl (C=O) groups excluding carboxylic acids is 1. The van der Waals surface area contributed by atoms with Gasteiger partial charge in [-0.1, -0.05) is 29.8 Å². The summed E-state index contributed by atoms with van der Waals surface area (Å²) in [5.74, 6) is 0.290. The lowest BCUT2D eigenvalue weighted by Crippen LogP contribution is -2.40. The number of benzene rings is 2. The first-order valence-corrected chi connectivity index (χ1v) is 12.3. The summed E-state index contributed by atoms with van der Waals surface area (Å²) in [6.07, 6.45) is 0. The molecule has 1 N–H and O–H groups in total. The van der Waals surface area contributed by atoms with Crippen molar-refractivity contribution in [1.29, 1.82) is 0 Å². The Morgan fingerprint density at radius 3 is 2.27 bits per heavy atom. The van der Waals surface area contributed by atoms with E-state index in [-0.39, 0.29) is 10.8 Å². The van der Waals surface area contributed by atoms with E-state index >= 15 is 0 Å². The van der Waals surface area contributed by atoms with Gasteiger partial charge in [-0.25, -0.2) is 8.42 Å². The number of thioether (sulfide) groups is 1. The monoisotopic (exact) mass is 448 g/mol. The maximum atomic E-state index is 12.7. The quantitative estimate of drug-likeness (QED) is 0.659. The van der Waals surface area contributed by atoms with Crippen LogP contribution in [0.5, 0.6) is 0 Å². The smallest absolute Gasteiger partial charge is 0.243 e. The fourth-order valence-electron chi connectivity index (χ4n) is 3.50. The normalized spacial score (nSPS) is 15.2. The van der Waals surface area contributed by atoms with E-state index in [0.29, 0.717) is 38.6 Å². The zero-order chi connectivity index (χ0) is 21.7. The molecular weight excluding hydrogens is 420 g/mol. The Labute approximate surface area is 183 Å². The molecule has 30 heavy (non-hydrogen) atoms. The zero-order valence-electron chi connectivity index (χ0n) is 17.6. The van der Waals surface area contributed by atoms with Crippen molar-refractivity contribution >= 4 is 27.7 Å². The third kappa shape index (κ3) is 5.63. The van der Waals surface area contributed by atoms with Gasteiger partial charge in [-0.05, 0) is 49.6 Å². The predicted octanol–water partition coefficient (Wildman–Crippen LogP) is 3.04. The van der Waals surface area contributed by atoms with E-state index in [0.717, 1.165) is 10.5 Å². The van der Waals surface area contributed by atoms with E-state index in [1.807, 2.05) is 0 Å². The average molecular weight is 449 g/mol. The van der Waals surface area contributed by atoms with Crippen LogP contribution in [-0.4, -0.2) is 50.7 Å². The second kappa shape index (κ2) is 9.96. The average Bonchev–Trinajstić information content (AvgIpc) is 2.72. The lowest BCUT2D eigenvalue weighted by molar-refractivity contribution is -0.118. The molecule has 0 unspecified atom stereocenters.